The Morgan fingerprint density at radius 3 is 2.54 bits per heavy atom. The average Bonchev–Trinajstić information content (AvgIpc) is 3.19. The second kappa shape index (κ2) is 6.04. The number of nitrogens with zero attached hydrogens (tertiary/aromatic N) is 1. The maximum atomic E-state index is 12.7. The van der Waals surface area contributed by atoms with Crippen LogP contribution in [0.3, 0.4) is 0 Å². The molecule has 0 aliphatic carbocycles. The van der Waals surface area contributed by atoms with Crippen LogP contribution in [0.15, 0.2) is 62.9 Å². The van der Waals surface area contributed by atoms with Crippen LogP contribution < -0.4 is 10.4 Å². The summed E-state index contributed by atoms with van der Waals surface area (Å²) < 4.78 is 32.8. The highest BCUT2D eigenvalue weighted by molar-refractivity contribution is 7.92. The van der Waals surface area contributed by atoms with Crippen LogP contribution in [0, 0.1) is 0 Å². The molecular weight excluding hydrogens is 380 g/mol. The van der Waals surface area contributed by atoms with Gasteiger partial charge >= 0.3 is 5.69 Å². The van der Waals surface area contributed by atoms with E-state index in [0.717, 1.165) is 0 Å². The van der Waals surface area contributed by atoms with E-state index in [1.54, 1.807) is 24.3 Å². The van der Waals surface area contributed by atoms with Gasteiger partial charge < -0.3 is 14.5 Å². The van der Waals surface area contributed by atoms with Gasteiger partial charge in [0.15, 0.2) is 0 Å². The fraction of sp³-hybridized carbons (Fsp3) is 0. The highest BCUT2D eigenvalue weighted by Gasteiger charge is 2.20. The van der Waals surface area contributed by atoms with Crippen LogP contribution in [-0.4, -0.2) is 23.5 Å². The van der Waals surface area contributed by atoms with Crippen LogP contribution in [0.25, 0.3) is 22.2 Å². The number of halogens is 1. The fourth-order valence-electron chi connectivity index (χ4n) is 2.51. The lowest BCUT2D eigenvalue weighted by molar-refractivity contribution is 0.435. The van der Waals surface area contributed by atoms with E-state index in [0.29, 0.717) is 27.2 Å². The van der Waals surface area contributed by atoms with Crippen LogP contribution in [0.4, 0.5) is 5.88 Å². The van der Waals surface area contributed by atoms with Gasteiger partial charge in [0, 0.05) is 5.02 Å². The second-order valence-electron chi connectivity index (χ2n) is 5.47. The SMILES string of the molecule is O=c1[nH]c2ccc(S(=O)(=O)Nc3oncc3-c3ccc(Cl)cc3)cc2[nH]1. The molecule has 0 aliphatic heterocycles. The maximum absolute atomic E-state index is 12.7. The van der Waals surface area contributed by atoms with Crippen LogP contribution in [-0.2, 0) is 10.0 Å². The number of aromatic amines is 2. The third-order valence-electron chi connectivity index (χ3n) is 3.75. The number of nitrogens with one attached hydrogen (secondary N) is 3. The molecule has 4 rings (SSSR count). The Labute approximate surface area is 151 Å². The normalized spacial score (nSPS) is 11.7. The van der Waals surface area contributed by atoms with Crippen molar-refractivity contribution in [2.24, 2.45) is 0 Å². The first-order valence-corrected chi connectivity index (χ1v) is 9.24. The summed E-state index contributed by atoms with van der Waals surface area (Å²) >= 11 is 5.87. The molecule has 2 aromatic heterocycles. The minimum absolute atomic E-state index is 0.0185. The molecule has 2 aromatic carbocycles. The molecule has 0 atom stereocenters. The van der Waals surface area contributed by atoms with Crippen LogP contribution in [0.2, 0.25) is 5.02 Å². The maximum Gasteiger partial charge on any atom is 0.323 e. The number of imidazole rings is 1. The smallest absolute Gasteiger partial charge is 0.323 e. The van der Waals surface area contributed by atoms with Gasteiger partial charge in [0.25, 0.3) is 10.0 Å². The number of sulfonamides is 1. The fourth-order valence-corrected chi connectivity index (χ4v) is 3.66. The number of anilines is 1. The lowest BCUT2D eigenvalue weighted by atomic mass is 10.1. The quantitative estimate of drug-likeness (QED) is 0.494. The van der Waals surface area contributed by atoms with Crippen molar-refractivity contribution in [2.75, 3.05) is 4.72 Å². The second-order valence-corrected chi connectivity index (χ2v) is 7.59. The highest BCUT2D eigenvalue weighted by Crippen LogP contribution is 2.30. The molecule has 0 saturated carbocycles. The number of fused-ring (bicyclic) bond motifs is 1. The van der Waals surface area contributed by atoms with Gasteiger partial charge in [-0.2, -0.15) is 0 Å². The summed E-state index contributed by atoms with van der Waals surface area (Å²) in [7, 11) is -3.95. The van der Waals surface area contributed by atoms with Crippen molar-refractivity contribution in [1.29, 1.82) is 0 Å². The van der Waals surface area contributed by atoms with Gasteiger partial charge in [0.2, 0.25) is 5.88 Å². The zero-order chi connectivity index (χ0) is 18.3. The first-order chi connectivity index (χ1) is 12.4. The van der Waals surface area contributed by atoms with E-state index in [9.17, 15) is 13.2 Å². The summed E-state index contributed by atoms with van der Waals surface area (Å²) in [4.78, 5) is 16.4. The number of aromatic nitrogens is 3. The molecule has 26 heavy (non-hydrogen) atoms. The monoisotopic (exact) mass is 390 g/mol. The van der Waals surface area contributed by atoms with E-state index < -0.39 is 15.7 Å². The first-order valence-electron chi connectivity index (χ1n) is 7.38. The van der Waals surface area contributed by atoms with Crippen molar-refractivity contribution < 1.29 is 12.9 Å². The zero-order valence-electron chi connectivity index (χ0n) is 13.0. The Balaban J connectivity index is 1.70. The molecule has 3 N–H and O–H groups in total. The van der Waals surface area contributed by atoms with E-state index in [2.05, 4.69) is 19.8 Å². The Kier molecular flexibility index (Phi) is 3.82. The summed E-state index contributed by atoms with van der Waals surface area (Å²) in [6, 6.07) is 11.0. The first kappa shape index (κ1) is 16.4. The molecule has 0 amide bonds. The van der Waals surface area contributed by atoms with Crippen molar-refractivity contribution >= 4 is 38.5 Å². The molecule has 8 nitrogen and oxygen atoms in total. The van der Waals surface area contributed by atoms with E-state index in [4.69, 9.17) is 16.1 Å². The van der Waals surface area contributed by atoms with Crippen molar-refractivity contribution in [3.8, 4) is 11.1 Å². The largest absolute Gasteiger partial charge is 0.337 e. The van der Waals surface area contributed by atoms with E-state index in [-0.39, 0.29) is 10.8 Å². The Morgan fingerprint density at radius 2 is 1.77 bits per heavy atom. The molecule has 0 unspecified atom stereocenters. The van der Waals surface area contributed by atoms with Crippen LogP contribution >= 0.6 is 11.6 Å². The number of rotatable bonds is 4. The van der Waals surface area contributed by atoms with Gasteiger partial charge in [-0.3, -0.25) is 0 Å². The van der Waals surface area contributed by atoms with Crippen molar-refractivity contribution in [2.45, 2.75) is 4.90 Å². The molecular formula is C16H11ClN4O4S. The summed E-state index contributed by atoms with van der Waals surface area (Å²) in [6.45, 7) is 0. The molecule has 0 aliphatic rings. The lowest BCUT2D eigenvalue weighted by Crippen LogP contribution is -2.13. The standard InChI is InChI=1S/C16H11ClN4O4S/c17-10-3-1-9(2-4-10)12-8-18-25-15(12)21-26(23,24)11-5-6-13-14(7-11)20-16(22)19-13/h1-8,21H,(H2,19,20,22). The molecule has 2 heterocycles. The lowest BCUT2D eigenvalue weighted by Gasteiger charge is -2.07. The third kappa shape index (κ3) is 2.98. The summed E-state index contributed by atoms with van der Waals surface area (Å²) in [5.41, 5.74) is 1.65. The van der Waals surface area contributed by atoms with E-state index in [1.807, 2.05) is 0 Å². The topological polar surface area (TPSA) is 121 Å². The predicted octanol–water partition coefficient (Wildman–Crippen LogP) is 2.97. The number of benzene rings is 2. The minimum Gasteiger partial charge on any atom is -0.337 e. The Morgan fingerprint density at radius 1 is 1.04 bits per heavy atom. The van der Waals surface area contributed by atoms with E-state index in [1.165, 1.54) is 24.4 Å². The van der Waals surface area contributed by atoms with Crippen molar-refractivity contribution in [1.82, 2.24) is 15.1 Å². The van der Waals surface area contributed by atoms with Gasteiger partial charge in [0.1, 0.15) is 0 Å². The number of hydrogen-bond acceptors (Lipinski definition) is 5. The van der Waals surface area contributed by atoms with Gasteiger partial charge in [-0.1, -0.05) is 28.9 Å². The zero-order valence-corrected chi connectivity index (χ0v) is 14.6. The molecule has 10 heteroatoms. The molecule has 4 aromatic rings. The molecule has 0 radical (unpaired) electrons. The van der Waals surface area contributed by atoms with Gasteiger partial charge in [-0.05, 0) is 35.9 Å². The van der Waals surface area contributed by atoms with Crippen LogP contribution in [0.5, 0.6) is 0 Å². The van der Waals surface area contributed by atoms with Gasteiger partial charge in [0.05, 0.1) is 27.7 Å². The Hall–Kier alpha value is -3.04. The van der Waals surface area contributed by atoms with Gasteiger partial charge in [-0.15, -0.1) is 0 Å². The molecule has 0 saturated heterocycles. The minimum atomic E-state index is -3.95. The van der Waals surface area contributed by atoms with Crippen molar-refractivity contribution in [3.63, 3.8) is 0 Å². The number of H-pyrrole nitrogens is 2. The third-order valence-corrected chi connectivity index (χ3v) is 5.33. The Bertz CT molecular complexity index is 1260. The molecule has 0 fully saturated rings. The average molecular weight is 391 g/mol. The molecule has 132 valence electrons. The molecule has 0 bridgehead atoms. The molecule has 0 spiro atoms. The summed E-state index contributed by atoms with van der Waals surface area (Å²) in [5.74, 6) is -0.0185. The van der Waals surface area contributed by atoms with Crippen LogP contribution in [0.1, 0.15) is 0 Å². The summed E-state index contributed by atoms with van der Waals surface area (Å²) in [6.07, 6.45) is 1.41. The highest BCUT2D eigenvalue weighted by atomic mass is 35.5. The van der Waals surface area contributed by atoms with Gasteiger partial charge in [-0.25, -0.2) is 17.9 Å². The predicted molar refractivity (Wildman–Crippen MR) is 96.7 cm³/mol. The number of hydrogen-bond donors (Lipinski definition) is 3. The summed E-state index contributed by atoms with van der Waals surface area (Å²) in [5, 5.41) is 4.22. The van der Waals surface area contributed by atoms with Crippen molar-refractivity contribution in [3.05, 3.63) is 64.2 Å². The van der Waals surface area contributed by atoms with E-state index >= 15 is 0 Å².